The van der Waals surface area contributed by atoms with Gasteiger partial charge in [0.25, 0.3) is 0 Å². The lowest BCUT2D eigenvalue weighted by Crippen LogP contribution is -2.43. The molecular formula is C15H27NO4S. The molecule has 1 aliphatic carbocycles. The first-order valence-corrected chi connectivity index (χ1v) is 9.90. The van der Waals surface area contributed by atoms with Crippen LogP contribution in [0.3, 0.4) is 0 Å². The molecule has 21 heavy (non-hydrogen) atoms. The number of carboxylic acids is 1. The van der Waals surface area contributed by atoms with Gasteiger partial charge in [-0.1, -0.05) is 19.8 Å². The molecule has 3 unspecified atom stereocenters. The van der Waals surface area contributed by atoms with E-state index in [9.17, 15) is 18.3 Å². The van der Waals surface area contributed by atoms with E-state index < -0.39 is 21.2 Å². The zero-order chi connectivity index (χ0) is 15.7. The van der Waals surface area contributed by atoms with Gasteiger partial charge in [0.2, 0.25) is 0 Å². The predicted octanol–water partition coefficient (Wildman–Crippen LogP) is 1.92. The third-order valence-electron chi connectivity index (χ3n) is 5.29. The van der Waals surface area contributed by atoms with Crippen LogP contribution < -0.4 is 0 Å². The molecular weight excluding hydrogens is 290 g/mol. The number of carboxylic acid groups (broad SMARTS) is 1. The molecule has 1 aliphatic heterocycles. The molecule has 1 heterocycles. The quantitative estimate of drug-likeness (QED) is 0.838. The van der Waals surface area contributed by atoms with Gasteiger partial charge in [-0.2, -0.15) is 0 Å². The largest absolute Gasteiger partial charge is 0.481 e. The highest BCUT2D eigenvalue weighted by molar-refractivity contribution is 7.91. The fourth-order valence-electron chi connectivity index (χ4n) is 4.02. The molecule has 2 aliphatic rings. The summed E-state index contributed by atoms with van der Waals surface area (Å²) in [4.78, 5) is 13.9. The lowest BCUT2D eigenvalue weighted by molar-refractivity contribution is -0.148. The van der Waals surface area contributed by atoms with Gasteiger partial charge < -0.3 is 5.11 Å². The van der Waals surface area contributed by atoms with Crippen molar-refractivity contribution in [2.24, 2.45) is 5.41 Å². The van der Waals surface area contributed by atoms with Gasteiger partial charge >= 0.3 is 5.97 Å². The molecule has 6 heteroatoms. The average Bonchev–Trinajstić information content (AvgIpc) is 2.84. The van der Waals surface area contributed by atoms with E-state index in [0.29, 0.717) is 25.8 Å². The van der Waals surface area contributed by atoms with Crippen LogP contribution in [0.25, 0.3) is 0 Å². The highest BCUT2D eigenvalue weighted by Crippen LogP contribution is 2.39. The van der Waals surface area contributed by atoms with Crippen LogP contribution in [-0.4, -0.2) is 55.0 Å². The Balaban J connectivity index is 2.05. The van der Waals surface area contributed by atoms with Crippen molar-refractivity contribution >= 4 is 15.8 Å². The van der Waals surface area contributed by atoms with Crippen LogP contribution in [0.15, 0.2) is 0 Å². The number of rotatable bonds is 5. The van der Waals surface area contributed by atoms with Gasteiger partial charge in [-0.3, -0.25) is 9.69 Å². The highest BCUT2D eigenvalue weighted by Gasteiger charge is 2.46. The van der Waals surface area contributed by atoms with Crippen molar-refractivity contribution in [3.8, 4) is 0 Å². The number of likely N-dealkylation sites (tertiary alicyclic amines) is 1. The lowest BCUT2D eigenvalue weighted by atomic mass is 9.82. The molecule has 0 bridgehead atoms. The molecule has 2 fully saturated rings. The lowest BCUT2D eigenvalue weighted by Gasteiger charge is -2.35. The van der Waals surface area contributed by atoms with Crippen LogP contribution in [0.5, 0.6) is 0 Å². The fourth-order valence-corrected chi connectivity index (χ4v) is 5.19. The molecule has 1 N–H and O–H groups in total. The van der Waals surface area contributed by atoms with Crippen molar-refractivity contribution in [2.75, 3.05) is 19.3 Å². The van der Waals surface area contributed by atoms with Crippen molar-refractivity contribution in [1.29, 1.82) is 0 Å². The molecule has 1 saturated carbocycles. The van der Waals surface area contributed by atoms with Crippen molar-refractivity contribution in [2.45, 2.75) is 63.2 Å². The minimum atomic E-state index is -2.99. The van der Waals surface area contributed by atoms with Crippen LogP contribution in [-0.2, 0) is 14.6 Å². The molecule has 2 rings (SSSR count). The predicted molar refractivity (Wildman–Crippen MR) is 82.1 cm³/mol. The molecule has 0 radical (unpaired) electrons. The topological polar surface area (TPSA) is 74.7 Å². The van der Waals surface area contributed by atoms with E-state index in [0.717, 1.165) is 32.2 Å². The third kappa shape index (κ3) is 3.59. The normalized spacial score (nSPS) is 35.0. The van der Waals surface area contributed by atoms with Gasteiger partial charge in [-0.15, -0.1) is 0 Å². The second-order valence-electron chi connectivity index (χ2n) is 6.83. The summed E-state index contributed by atoms with van der Waals surface area (Å²) in [5.74, 6) is -0.692. The minimum Gasteiger partial charge on any atom is -0.481 e. The minimum absolute atomic E-state index is 0.233. The monoisotopic (exact) mass is 317 g/mol. The van der Waals surface area contributed by atoms with Gasteiger partial charge in [0.15, 0.2) is 0 Å². The second kappa shape index (κ2) is 6.24. The smallest absolute Gasteiger partial charge is 0.310 e. The Kier molecular flexibility index (Phi) is 4.98. The summed E-state index contributed by atoms with van der Waals surface area (Å²) in [7, 11) is -2.99. The summed E-state index contributed by atoms with van der Waals surface area (Å²) in [5.41, 5.74) is -0.618. The average molecular weight is 317 g/mol. The number of hydrogen-bond acceptors (Lipinski definition) is 4. The Labute approximate surface area is 127 Å². The van der Waals surface area contributed by atoms with E-state index in [1.165, 1.54) is 6.26 Å². The maximum absolute atomic E-state index is 11.8. The van der Waals surface area contributed by atoms with Gasteiger partial charge in [0, 0.05) is 18.8 Å². The first-order valence-electron chi connectivity index (χ1n) is 7.95. The summed E-state index contributed by atoms with van der Waals surface area (Å²) in [5, 5.41) is 9.32. The maximum Gasteiger partial charge on any atom is 0.310 e. The van der Waals surface area contributed by atoms with Crippen LogP contribution in [0.4, 0.5) is 0 Å². The molecule has 0 aromatic rings. The van der Waals surface area contributed by atoms with Gasteiger partial charge in [-0.25, -0.2) is 8.42 Å². The molecule has 1 saturated heterocycles. The molecule has 0 aromatic carbocycles. The standard InChI is InChI=1S/C15H27NO4S/c1-3-7-15(14(17)18)8-9-16(11-15)12-5-4-6-13(10-12)21(2,19)20/h12-13H,3-11H2,1-2H3,(H,17,18). The Morgan fingerprint density at radius 3 is 2.67 bits per heavy atom. The zero-order valence-electron chi connectivity index (χ0n) is 13.0. The zero-order valence-corrected chi connectivity index (χ0v) is 13.9. The summed E-state index contributed by atoms with van der Waals surface area (Å²) in [6, 6.07) is 0.233. The summed E-state index contributed by atoms with van der Waals surface area (Å²) in [6.07, 6.45) is 6.93. The molecule has 0 spiro atoms. The van der Waals surface area contributed by atoms with E-state index in [2.05, 4.69) is 4.90 Å². The second-order valence-corrected chi connectivity index (χ2v) is 9.15. The first kappa shape index (κ1) is 16.7. The van der Waals surface area contributed by atoms with Gasteiger partial charge in [-0.05, 0) is 38.6 Å². The number of nitrogens with zero attached hydrogens (tertiary/aromatic N) is 1. The molecule has 0 amide bonds. The summed E-state index contributed by atoms with van der Waals surface area (Å²) < 4.78 is 23.5. The van der Waals surface area contributed by atoms with E-state index >= 15 is 0 Å². The van der Waals surface area contributed by atoms with Crippen LogP contribution in [0.2, 0.25) is 0 Å². The van der Waals surface area contributed by atoms with Crippen LogP contribution in [0.1, 0.15) is 51.9 Å². The van der Waals surface area contributed by atoms with E-state index in [1.54, 1.807) is 0 Å². The van der Waals surface area contributed by atoms with E-state index in [-0.39, 0.29) is 11.3 Å². The van der Waals surface area contributed by atoms with Crippen molar-refractivity contribution in [3.05, 3.63) is 0 Å². The van der Waals surface area contributed by atoms with Crippen molar-refractivity contribution in [1.82, 2.24) is 4.90 Å². The Morgan fingerprint density at radius 2 is 2.10 bits per heavy atom. The SMILES string of the molecule is CCCC1(C(=O)O)CCN(C2CCCC(S(C)(=O)=O)C2)C1. The number of hydrogen-bond donors (Lipinski definition) is 1. The summed E-state index contributed by atoms with van der Waals surface area (Å²) in [6.45, 7) is 3.39. The highest BCUT2D eigenvalue weighted by atomic mass is 32.2. The molecule has 122 valence electrons. The number of aliphatic carboxylic acids is 1. The Bertz CT molecular complexity index is 490. The summed E-state index contributed by atoms with van der Waals surface area (Å²) >= 11 is 0. The van der Waals surface area contributed by atoms with E-state index in [1.807, 2.05) is 6.92 Å². The molecule has 3 atom stereocenters. The molecule has 0 aromatic heterocycles. The molecule has 5 nitrogen and oxygen atoms in total. The number of sulfone groups is 1. The van der Waals surface area contributed by atoms with Gasteiger partial charge in [0.05, 0.1) is 10.7 Å². The fraction of sp³-hybridized carbons (Fsp3) is 0.933. The van der Waals surface area contributed by atoms with Crippen LogP contribution in [0, 0.1) is 5.41 Å². The van der Waals surface area contributed by atoms with Crippen molar-refractivity contribution < 1.29 is 18.3 Å². The Morgan fingerprint density at radius 1 is 1.38 bits per heavy atom. The van der Waals surface area contributed by atoms with Crippen LogP contribution >= 0.6 is 0 Å². The third-order valence-corrected chi connectivity index (χ3v) is 6.93. The van der Waals surface area contributed by atoms with Gasteiger partial charge in [0.1, 0.15) is 9.84 Å². The Hall–Kier alpha value is -0.620. The first-order chi connectivity index (χ1) is 9.78. The van der Waals surface area contributed by atoms with E-state index in [4.69, 9.17) is 0 Å². The maximum atomic E-state index is 11.8. The van der Waals surface area contributed by atoms with Crippen molar-refractivity contribution in [3.63, 3.8) is 0 Å². The number of carbonyl (C=O) groups is 1.